The van der Waals surface area contributed by atoms with Crippen molar-refractivity contribution in [1.82, 2.24) is 15.4 Å². The molecule has 0 saturated carbocycles. The van der Waals surface area contributed by atoms with Gasteiger partial charge in [0, 0.05) is 25.2 Å². The van der Waals surface area contributed by atoms with Crippen LogP contribution in [-0.2, 0) is 9.47 Å². The molecule has 1 N–H and O–H groups in total. The van der Waals surface area contributed by atoms with E-state index in [-0.39, 0.29) is 5.91 Å². The molecule has 7 nitrogen and oxygen atoms in total. The minimum atomic E-state index is -0.498. The summed E-state index contributed by atoms with van der Waals surface area (Å²) in [6.45, 7) is 5.89. The number of aryl methyl sites for hydroxylation is 1. The molecule has 1 aromatic carbocycles. The first kappa shape index (κ1) is 17.2. The lowest BCUT2D eigenvalue weighted by Gasteiger charge is -2.41. The first-order chi connectivity index (χ1) is 12.7. The van der Waals surface area contributed by atoms with Crippen LogP contribution in [0.4, 0.5) is 0 Å². The highest BCUT2D eigenvalue weighted by molar-refractivity contribution is 6.00. The fourth-order valence-corrected chi connectivity index (χ4v) is 3.56. The molecule has 2 fully saturated rings. The maximum Gasteiger partial charge on any atom is 0.259 e. The zero-order chi connectivity index (χ0) is 18.0. The van der Waals surface area contributed by atoms with E-state index in [1.54, 1.807) is 6.92 Å². The molecule has 0 aliphatic carbocycles. The summed E-state index contributed by atoms with van der Waals surface area (Å²) in [5, 5.41) is 7.46. The molecule has 4 rings (SSSR count). The van der Waals surface area contributed by atoms with Crippen LogP contribution in [0.15, 0.2) is 34.9 Å². The zero-order valence-electron chi connectivity index (χ0n) is 14.9. The summed E-state index contributed by atoms with van der Waals surface area (Å²) in [5.74, 6) is 0.458. The molecule has 1 spiro atoms. The molecule has 2 saturated heterocycles. The van der Waals surface area contributed by atoms with E-state index < -0.39 is 5.60 Å². The van der Waals surface area contributed by atoms with Crippen LogP contribution in [0.1, 0.15) is 16.1 Å². The van der Waals surface area contributed by atoms with Crippen molar-refractivity contribution in [3.05, 3.63) is 41.7 Å². The molecular weight excluding hydrogens is 334 g/mol. The van der Waals surface area contributed by atoms with Crippen LogP contribution in [0.3, 0.4) is 0 Å². The highest BCUT2D eigenvalue weighted by Gasteiger charge is 2.40. The monoisotopic (exact) mass is 357 g/mol. The molecule has 3 heterocycles. The van der Waals surface area contributed by atoms with E-state index in [2.05, 4.69) is 10.5 Å². The molecule has 7 heteroatoms. The van der Waals surface area contributed by atoms with Gasteiger partial charge in [0.05, 0.1) is 26.4 Å². The minimum Gasteiger partial charge on any atom is -0.377 e. The number of aromatic nitrogens is 1. The first-order valence-electron chi connectivity index (χ1n) is 8.92. The Kier molecular flexibility index (Phi) is 4.76. The van der Waals surface area contributed by atoms with Crippen molar-refractivity contribution >= 4 is 5.91 Å². The molecule has 1 atom stereocenters. The second kappa shape index (κ2) is 7.19. The van der Waals surface area contributed by atoms with Crippen LogP contribution >= 0.6 is 0 Å². The Bertz CT molecular complexity index is 766. The Morgan fingerprint density at radius 2 is 2.12 bits per heavy atom. The molecule has 2 aromatic rings. The summed E-state index contributed by atoms with van der Waals surface area (Å²) in [4.78, 5) is 15.1. The van der Waals surface area contributed by atoms with Crippen LogP contribution in [0.2, 0.25) is 0 Å². The lowest BCUT2D eigenvalue weighted by Crippen LogP contribution is -2.59. The maximum atomic E-state index is 13.3. The Balaban J connectivity index is 1.61. The van der Waals surface area contributed by atoms with Crippen LogP contribution in [-0.4, -0.2) is 67.6 Å². The molecule has 1 amide bonds. The number of morpholine rings is 1. The van der Waals surface area contributed by atoms with Gasteiger partial charge in [-0.15, -0.1) is 0 Å². The second-order valence-corrected chi connectivity index (χ2v) is 6.82. The number of nitrogens with one attached hydrogen (secondary N) is 1. The van der Waals surface area contributed by atoms with Gasteiger partial charge < -0.3 is 24.2 Å². The summed E-state index contributed by atoms with van der Waals surface area (Å²) >= 11 is 0. The summed E-state index contributed by atoms with van der Waals surface area (Å²) in [6, 6.07) is 9.64. The van der Waals surface area contributed by atoms with Gasteiger partial charge in [0.25, 0.3) is 5.91 Å². The van der Waals surface area contributed by atoms with Crippen molar-refractivity contribution in [3.8, 4) is 11.3 Å². The average Bonchev–Trinajstić information content (AvgIpc) is 2.92. The maximum absolute atomic E-state index is 13.3. The van der Waals surface area contributed by atoms with Crippen molar-refractivity contribution in [3.63, 3.8) is 0 Å². The average molecular weight is 357 g/mol. The number of carbonyl (C=O) groups excluding carboxylic acids is 1. The number of amides is 1. The quantitative estimate of drug-likeness (QED) is 0.877. The van der Waals surface area contributed by atoms with Gasteiger partial charge in [-0.3, -0.25) is 4.79 Å². The molecule has 26 heavy (non-hydrogen) atoms. The summed E-state index contributed by atoms with van der Waals surface area (Å²) in [6.07, 6.45) is 0. The Morgan fingerprint density at radius 3 is 2.96 bits per heavy atom. The Morgan fingerprint density at radius 1 is 1.27 bits per heavy atom. The van der Waals surface area contributed by atoms with E-state index in [9.17, 15) is 4.79 Å². The molecular formula is C19H23N3O4. The van der Waals surface area contributed by atoms with Crippen molar-refractivity contribution in [2.75, 3.05) is 46.0 Å². The highest BCUT2D eigenvalue weighted by Crippen LogP contribution is 2.28. The minimum absolute atomic E-state index is 0.0745. The van der Waals surface area contributed by atoms with Crippen molar-refractivity contribution in [2.45, 2.75) is 12.5 Å². The van der Waals surface area contributed by atoms with E-state index in [0.717, 1.165) is 12.1 Å². The topological polar surface area (TPSA) is 76.8 Å². The third-order valence-electron chi connectivity index (χ3n) is 4.89. The van der Waals surface area contributed by atoms with Crippen LogP contribution < -0.4 is 5.32 Å². The number of rotatable bonds is 2. The van der Waals surface area contributed by atoms with E-state index in [1.165, 1.54) is 0 Å². The van der Waals surface area contributed by atoms with Gasteiger partial charge in [-0.25, -0.2) is 0 Å². The van der Waals surface area contributed by atoms with Gasteiger partial charge in [-0.2, -0.15) is 0 Å². The number of hydrogen-bond donors (Lipinski definition) is 1. The number of hydrogen-bond acceptors (Lipinski definition) is 6. The third-order valence-corrected chi connectivity index (χ3v) is 4.89. The normalized spacial score (nSPS) is 23.8. The predicted molar refractivity (Wildman–Crippen MR) is 95.0 cm³/mol. The SMILES string of the molecule is Cc1onc(-c2ccccc2)c1C(=O)N1CCO[C@]2(CNCCOC2)C1. The number of carbonyl (C=O) groups is 1. The van der Waals surface area contributed by atoms with Crippen molar-refractivity contribution in [2.24, 2.45) is 0 Å². The van der Waals surface area contributed by atoms with Gasteiger partial charge in [-0.1, -0.05) is 35.5 Å². The van der Waals surface area contributed by atoms with E-state index >= 15 is 0 Å². The standard InChI is InChI=1S/C19H23N3O4/c1-14-16(17(21-26-14)15-5-3-2-4-6-15)18(23)22-8-10-25-19(12-22)11-20-7-9-24-13-19/h2-6,20H,7-13H2,1H3/t19-/m1/s1. The molecule has 2 aliphatic rings. The summed E-state index contributed by atoms with van der Waals surface area (Å²) < 4.78 is 17.0. The fourth-order valence-electron chi connectivity index (χ4n) is 3.56. The number of benzene rings is 1. The number of ether oxygens (including phenoxy) is 2. The van der Waals surface area contributed by atoms with Crippen molar-refractivity contribution < 1.29 is 18.8 Å². The molecule has 0 unspecified atom stereocenters. The fraction of sp³-hybridized carbons (Fsp3) is 0.474. The van der Waals surface area contributed by atoms with Gasteiger partial charge in [-0.05, 0) is 6.92 Å². The van der Waals surface area contributed by atoms with Crippen LogP contribution in [0.5, 0.6) is 0 Å². The lowest BCUT2D eigenvalue weighted by molar-refractivity contribution is -0.125. The first-order valence-corrected chi connectivity index (χ1v) is 8.92. The predicted octanol–water partition coefficient (Wildman–Crippen LogP) is 1.48. The zero-order valence-corrected chi connectivity index (χ0v) is 14.9. The Hall–Kier alpha value is -2.22. The van der Waals surface area contributed by atoms with Gasteiger partial charge in [0.2, 0.25) is 0 Å². The Labute approximate surface area is 152 Å². The van der Waals surface area contributed by atoms with Gasteiger partial charge in [0.1, 0.15) is 22.6 Å². The van der Waals surface area contributed by atoms with Crippen molar-refractivity contribution in [1.29, 1.82) is 0 Å². The van der Waals surface area contributed by atoms with E-state index in [0.29, 0.717) is 56.5 Å². The summed E-state index contributed by atoms with van der Waals surface area (Å²) in [7, 11) is 0. The second-order valence-electron chi connectivity index (χ2n) is 6.82. The largest absolute Gasteiger partial charge is 0.377 e. The highest BCUT2D eigenvalue weighted by atomic mass is 16.5. The summed E-state index contributed by atoms with van der Waals surface area (Å²) in [5.41, 5.74) is 1.48. The molecule has 138 valence electrons. The van der Waals surface area contributed by atoms with Gasteiger partial charge in [0.15, 0.2) is 0 Å². The van der Waals surface area contributed by atoms with Crippen LogP contribution in [0.25, 0.3) is 11.3 Å². The lowest BCUT2D eigenvalue weighted by atomic mass is 10.0. The van der Waals surface area contributed by atoms with E-state index in [4.69, 9.17) is 14.0 Å². The molecule has 0 radical (unpaired) electrons. The van der Waals surface area contributed by atoms with E-state index in [1.807, 2.05) is 35.2 Å². The van der Waals surface area contributed by atoms with Crippen LogP contribution in [0, 0.1) is 6.92 Å². The molecule has 0 bridgehead atoms. The molecule has 2 aliphatic heterocycles. The molecule has 1 aromatic heterocycles. The smallest absolute Gasteiger partial charge is 0.259 e. The number of nitrogens with zero attached hydrogens (tertiary/aromatic N) is 2. The van der Waals surface area contributed by atoms with Gasteiger partial charge >= 0.3 is 0 Å². The third kappa shape index (κ3) is 3.25.